The molecule has 130 valence electrons. The Labute approximate surface area is 155 Å². The second-order valence-corrected chi connectivity index (χ2v) is 7.39. The van der Waals surface area contributed by atoms with Crippen LogP contribution in [0.4, 0.5) is 0 Å². The van der Waals surface area contributed by atoms with Crippen LogP contribution in [0.5, 0.6) is 5.75 Å². The van der Waals surface area contributed by atoms with Crippen molar-refractivity contribution in [2.45, 2.75) is 20.0 Å². The van der Waals surface area contributed by atoms with Gasteiger partial charge in [0, 0.05) is 14.8 Å². The summed E-state index contributed by atoms with van der Waals surface area (Å²) in [5, 5.41) is 0.631. The van der Waals surface area contributed by atoms with Gasteiger partial charge in [-0.15, -0.1) is 11.3 Å². The normalized spacial score (nSPS) is 10.6. The molecule has 3 aromatic rings. The molecule has 0 aliphatic carbocycles. The lowest BCUT2D eigenvalue weighted by Crippen LogP contribution is -2.33. The molecule has 0 bridgehead atoms. The highest BCUT2D eigenvalue weighted by Crippen LogP contribution is 2.20. The molecule has 6 heteroatoms. The van der Waals surface area contributed by atoms with E-state index in [2.05, 4.69) is 13.0 Å². The summed E-state index contributed by atoms with van der Waals surface area (Å²) in [6, 6.07) is 14.7. The fourth-order valence-electron chi connectivity index (χ4n) is 2.35. The molecule has 4 nitrogen and oxygen atoms in total. The molecule has 3 rings (SSSR count). The van der Waals surface area contributed by atoms with Crippen molar-refractivity contribution < 1.29 is 13.9 Å². The number of rotatable bonds is 7. The van der Waals surface area contributed by atoms with E-state index in [0.717, 1.165) is 10.6 Å². The third-order valence-electron chi connectivity index (χ3n) is 3.60. The zero-order valence-electron chi connectivity index (χ0n) is 13.8. The van der Waals surface area contributed by atoms with Crippen molar-refractivity contribution in [1.29, 1.82) is 0 Å². The minimum atomic E-state index is -0.0996. The van der Waals surface area contributed by atoms with E-state index >= 15 is 0 Å². The molecule has 1 amide bonds. The number of hydrogen-bond acceptors (Lipinski definition) is 4. The second-order valence-electron chi connectivity index (χ2n) is 5.58. The summed E-state index contributed by atoms with van der Waals surface area (Å²) in [6.07, 6.45) is 1.61. The Morgan fingerprint density at radius 1 is 1.16 bits per heavy atom. The van der Waals surface area contributed by atoms with Crippen LogP contribution in [0, 0.1) is 6.92 Å². The molecule has 0 aliphatic heterocycles. The molecule has 0 fully saturated rings. The minimum absolute atomic E-state index is 0.0350. The first-order chi connectivity index (χ1) is 12.1. The monoisotopic (exact) mass is 375 g/mol. The van der Waals surface area contributed by atoms with E-state index in [-0.39, 0.29) is 12.5 Å². The van der Waals surface area contributed by atoms with Gasteiger partial charge in [0.1, 0.15) is 11.5 Å². The van der Waals surface area contributed by atoms with E-state index in [1.54, 1.807) is 46.8 Å². The Bertz CT molecular complexity index is 812. The predicted octanol–water partition coefficient (Wildman–Crippen LogP) is 4.91. The number of carbonyl (C=O) groups excluding carboxylic acids is 1. The SMILES string of the molecule is Cc1ccc(CN(Cc2ccco2)C(=O)COc2ccc(Cl)cc2)s1. The predicted molar refractivity (Wildman–Crippen MR) is 99.0 cm³/mol. The Morgan fingerprint density at radius 3 is 2.60 bits per heavy atom. The number of nitrogens with zero attached hydrogens (tertiary/aromatic N) is 1. The third kappa shape index (κ3) is 5.11. The molecule has 0 saturated carbocycles. The highest BCUT2D eigenvalue weighted by Gasteiger charge is 2.17. The molecule has 0 atom stereocenters. The van der Waals surface area contributed by atoms with E-state index in [1.165, 1.54) is 4.88 Å². The van der Waals surface area contributed by atoms with Gasteiger partial charge in [-0.05, 0) is 55.5 Å². The summed E-state index contributed by atoms with van der Waals surface area (Å²) >= 11 is 7.54. The number of ether oxygens (including phenoxy) is 1. The van der Waals surface area contributed by atoms with Gasteiger partial charge >= 0.3 is 0 Å². The highest BCUT2D eigenvalue weighted by molar-refractivity contribution is 7.11. The average Bonchev–Trinajstić information content (AvgIpc) is 3.25. The Morgan fingerprint density at radius 2 is 1.96 bits per heavy atom. The van der Waals surface area contributed by atoms with E-state index in [0.29, 0.717) is 23.9 Å². The summed E-state index contributed by atoms with van der Waals surface area (Å²) in [5.74, 6) is 1.26. The largest absolute Gasteiger partial charge is 0.484 e. The summed E-state index contributed by atoms with van der Waals surface area (Å²) in [5.41, 5.74) is 0. The zero-order valence-corrected chi connectivity index (χ0v) is 15.3. The van der Waals surface area contributed by atoms with Crippen molar-refractivity contribution in [3.05, 3.63) is 75.3 Å². The van der Waals surface area contributed by atoms with Gasteiger partial charge in [-0.2, -0.15) is 0 Å². The number of benzene rings is 1. The van der Waals surface area contributed by atoms with Crippen molar-refractivity contribution in [2.75, 3.05) is 6.61 Å². The molecule has 0 aliphatic rings. The maximum Gasteiger partial charge on any atom is 0.261 e. The van der Waals surface area contributed by atoms with Crippen molar-refractivity contribution >= 4 is 28.8 Å². The fraction of sp³-hybridized carbons (Fsp3) is 0.211. The van der Waals surface area contributed by atoms with E-state index in [9.17, 15) is 4.79 Å². The lowest BCUT2D eigenvalue weighted by molar-refractivity contribution is -0.134. The van der Waals surface area contributed by atoms with Crippen LogP contribution in [-0.4, -0.2) is 17.4 Å². The Balaban J connectivity index is 1.66. The van der Waals surface area contributed by atoms with Crippen LogP contribution in [0.1, 0.15) is 15.5 Å². The van der Waals surface area contributed by atoms with E-state index in [1.807, 2.05) is 18.2 Å². The molecule has 0 N–H and O–H groups in total. The van der Waals surface area contributed by atoms with Gasteiger partial charge in [-0.25, -0.2) is 0 Å². The van der Waals surface area contributed by atoms with Crippen LogP contribution < -0.4 is 4.74 Å². The topological polar surface area (TPSA) is 42.7 Å². The molecule has 1 aromatic carbocycles. The third-order valence-corrected chi connectivity index (χ3v) is 4.84. The van der Waals surface area contributed by atoms with Crippen LogP contribution in [0.15, 0.2) is 59.2 Å². The van der Waals surface area contributed by atoms with Gasteiger partial charge in [-0.3, -0.25) is 4.79 Å². The van der Waals surface area contributed by atoms with Gasteiger partial charge in [0.25, 0.3) is 5.91 Å². The van der Waals surface area contributed by atoms with Gasteiger partial charge in [-0.1, -0.05) is 11.6 Å². The first kappa shape index (κ1) is 17.6. The van der Waals surface area contributed by atoms with Crippen LogP contribution in [0.25, 0.3) is 0 Å². The number of amides is 1. The van der Waals surface area contributed by atoms with Crippen LogP contribution in [0.3, 0.4) is 0 Å². The van der Waals surface area contributed by atoms with Gasteiger partial charge in [0.15, 0.2) is 6.61 Å². The first-order valence-corrected chi connectivity index (χ1v) is 9.03. The fourth-order valence-corrected chi connectivity index (χ4v) is 3.38. The van der Waals surface area contributed by atoms with Crippen LogP contribution in [0.2, 0.25) is 5.02 Å². The molecule has 0 spiro atoms. The molecule has 2 aromatic heterocycles. The maximum absolute atomic E-state index is 12.7. The van der Waals surface area contributed by atoms with Crippen LogP contribution in [-0.2, 0) is 17.9 Å². The van der Waals surface area contributed by atoms with Crippen molar-refractivity contribution in [3.8, 4) is 5.75 Å². The van der Waals surface area contributed by atoms with Gasteiger partial charge in [0.2, 0.25) is 0 Å². The maximum atomic E-state index is 12.7. The van der Waals surface area contributed by atoms with Crippen LogP contribution >= 0.6 is 22.9 Å². The summed E-state index contributed by atoms with van der Waals surface area (Å²) in [7, 11) is 0. The quantitative estimate of drug-likeness (QED) is 0.589. The number of furan rings is 1. The number of hydrogen-bond donors (Lipinski definition) is 0. The second kappa shape index (κ2) is 8.23. The number of halogens is 1. The van der Waals surface area contributed by atoms with E-state index in [4.69, 9.17) is 20.8 Å². The van der Waals surface area contributed by atoms with E-state index < -0.39 is 0 Å². The van der Waals surface area contributed by atoms with Gasteiger partial charge < -0.3 is 14.1 Å². The van der Waals surface area contributed by atoms with Crippen molar-refractivity contribution in [3.63, 3.8) is 0 Å². The number of thiophene rings is 1. The van der Waals surface area contributed by atoms with Gasteiger partial charge in [0.05, 0.1) is 19.4 Å². The molecule has 0 radical (unpaired) electrons. The molecule has 0 saturated heterocycles. The van der Waals surface area contributed by atoms with Crippen molar-refractivity contribution in [2.24, 2.45) is 0 Å². The molecule has 2 heterocycles. The number of aryl methyl sites for hydroxylation is 1. The Hall–Kier alpha value is -2.24. The average molecular weight is 376 g/mol. The molecular weight excluding hydrogens is 358 g/mol. The molecule has 25 heavy (non-hydrogen) atoms. The van der Waals surface area contributed by atoms with Crippen molar-refractivity contribution in [1.82, 2.24) is 4.90 Å². The standard InChI is InChI=1S/C19H18ClNO3S/c1-14-4-9-18(25-14)12-21(11-17-3-2-10-23-17)19(22)13-24-16-7-5-15(20)6-8-16/h2-10H,11-13H2,1H3. The summed E-state index contributed by atoms with van der Waals surface area (Å²) in [4.78, 5) is 16.7. The minimum Gasteiger partial charge on any atom is -0.484 e. The molecule has 0 unspecified atom stereocenters. The number of carbonyl (C=O) groups is 1. The lowest BCUT2D eigenvalue weighted by atomic mass is 10.3. The zero-order chi connectivity index (χ0) is 17.6. The highest BCUT2D eigenvalue weighted by atomic mass is 35.5. The first-order valence-electron chi connectivity index (χ1n) is 7.84. The lowest BCUT2D eigenvalue weighted by Gasteiger charge is -2.21. The summed E-state index contributed by atoms with van der Waals surface area (Å²) in [6.45, 7) is 2.96. The smallest absolute Gasteiger partial charge is 0.261 e. The molecular formula is C19H18ClNO3S. The Kier molecular flexibility index (Phi) is 5.79. The summed E-state index contributed by atoms with van der Waals surface area (Å²) < 4.78 is 11.0.